The van der Waals surface area contributed by atoms with Gasteiger partial charge in [0.15, 0.2) is 6.10 Å². The second-order valence-corrected chi connectivity index (χ2v) is 9.26. The Hall–Kier alpha value is -4.35. The van der Waals surface area contributed by atoms with Crippen molar-refractivity contribution in [1.29, 1.82) is 0 Å². The molecule has 12 heteroatoms. The van der Waals surface area contributed by atoms with Crippen LogP contribution in [0.3, 0.4) is 0 Å². The summed E-state index contributed by atoms with van der Waals surface area (Å²) in [6, 6.07) is 10.8. The lowest BCUT2D eigenvalue weighted by molar-refractivity contribution is -0.305. The Bertz CT molecular complexity index is 1480. The van der Waals surface area contributed by atoms with Gasteiger partial charge >= 0.3 is 18.2 Å². The van der Waals surface area contributed by atoms with Crippen molar-refractivity contribution in [2.75, 3.05) is 11.4 Å². The SMILES string of the molecule is CC(C)(OC(=O)CCC(=O)[O-])[C@@H]1CN(c2ccc3cc(-c4ccccc4C(F)(F)F)[nH]c(=O)c3c2)C(=O)O1. The van der Waals surface area contributed by atoms with Gasteiger partial charge in [-0.1, -0.05) is 24.3 Å². The number of carboxylic acids is 1. The first-order valence-electron chi connectivity index (χ1n) is 11.5. The van der Waals surface area contributed by atoms with Crippen LogP contribution >= 0.6 is 0 Å². The fourth-order valence-corrected chi connectivity index (χ4v) is 4.18. The van der Waals surface area contributed by atoms with Gasteiger partial charge < -0.3 is 24.4 Å². The monoisotopic (exact) mass is 531 g/mol. The van der Waals surface area contributed by atoms with Crippen molar-refractivity contribution in [1.82, 2.24) is 4.98 Å². The molecule has 1 fully saturated rings. The molecule has 1 aromatic heterocycles. The molecule has 9 nitrogen and oxygen atoms in total. The molecule has 0 radical (unpaired) electrons. The number of rotatable bonds is 7. The van der Waals surface area contributed by atoms with E-state index < -0.39 is 59.9 Å². The van der Waals surface area contributed by atoms with Gasteiger partial charge in [-0.05, 0) is 49.9 Å². The molecule has 38 heavy (non-hydrogen) atoms. The fraction of sp³-hybridized carbons (Fsp3) is 0.308. The van der Waals surface area contributed by atoms with Gasteiger partial charge in [0, 0.05) is 28.3 Å². The minimum absolute atomic E-state index is 0.00827. The number of amides is 1. The molecule has 1 aliphatic heterocycles. The smallest absolute Gasteiger partial charge is 0.417 e. The van der Waals surface area contributed by atoms with Gasteiger partial charge in [0.25, 0.3) is 5.56 Å². The number of fused-ring (bicyclic) bond motifs is 1. The van der Waals surface area contributed by atoms with Crippen molar-refractivity contribution >= 4 is 34.5 Å². The first kappa shape index (κ1) is 26.7. The zero-order valence-electron chi connectivity index (χ0n) is 20.3. The molecule has 2 aromatic carbocycles. The van der Waals surface area contributed by atoms with Crippen LogP contribution in [0, 0.1) is 0 Å². The number of pyridine rings is 1. The van der Waals surface area contributed by atoms with E-state index in [-0.39, 0.29) is 28.9 Å². The molecule has 1 atom stereocenters. The number of carboxylic acid groups (broad SMARTS) is 1. The zero-order chi connectivity index (χ0) is 27.8. The molecule has 0 bridgehead atoms. The lowest BCUT2D eigenvalue weighted by atomic mass is 10.0. The molecule has 200 valence electrons. The van der Waals surface area contributed by atoms with E-state index in [9.17, 15) is 37.5 Å². The molecule has 2 heterocycles. The van der Waals surface area contributed by atoms with E-state index in [1.54, 1.807) is 0 Å². The van der Waals surface area contributed by atoms with Gasteiger partial charge in [-0.15, -0.1) is 0 Å². The summed E-state index contributed by atoms with van der Waals surface area (Å²) in [4.78, 5) is 51.7. The van der Waals surface area contributed by atoms with Crippen molar-refractivity contribution < 1.29 is 42.1 Å². The maximum Gasteiger partial charge on any atom is 0.417 e. The van der Waals surface area contributed by atoms with Crippen LogP contribution < -0.4 is 15.6 Å². The summed E-state index contributed by atoms with van der Waals surface area (Å²) in [5.41, 5.74) is -2.72. The van der Waals surface area contributed by atoms with Gasteiger partial charge in [-0.25, -0.2) is 4.79 Å². The topological polar surface area (TPSA) is 129 Å². The summed E-state index contributed by atoms with van der Waals surface area (Å²) in [7, 11) is 0. The Balaban J connectivity index is 1.59. The Labute approximate surface area is 213 Å². The Morgan fingerprint density at radius 3 is 2.50 bits per heavy atom. The number of nitrogens with zero attached hydrogens (tertiary/aromatic N) is 1. The number of benzene rings is 2. The number of esters is 1. The number of halogens is 3. The van der Waals surface area contributed by atoms with Gasteiger partial charge in [0.2, 0.25) is 0 Å². The largest absolute Gasteiger partial charge is 0.550 e. The molecule has 4 rings (SSSR count). The lowest BCUT2D eigenvalue weighted by Gasteiger charge is -2.29. The van der Waals surface area contributed by atoms with E-state index in [2.05, 4.69) is 4.98 Å². The van der Waals surface area contributed by atoms with Crippen molar-refractivity contribution in [2.45, 2.75) is 44.6 Å². The number of aliphatic carboxylic acids is 1. The number of ether oxygens (including phenoxy) is 2. The van der Waals surface area contributed by atoms with E-state index in [0.717, 1.165) is 6.07 Å². The van der Waals surface area contributed by atoms with Crippen molar-refractivity contribution in [3.05, 3.63) is 64.4 Å². The highest BCUT2D eigenvalue weighted by molar-refractivity contribution is 5.95. The number of H-pyrrole nitrogens is 1. The van der Waals surface area contributed by atoms with Crippen molar-refractivity contribution in [3.8, 4) is 11.3 Å². The number of cyclic esters (lactones) is 1. The van der Waals surface area contributed by atoms with Crippen molar-refractivity contribution in [2.24, 2.45) is 0 Å². The third-order valence-electron chi connectivity index (χ3n) is 6.16. The van der Waals surface area contributed by atoms with Gasteiger partial charge in [-0.2, -0.15) is 13.2 Å². The number of carbonyl (C=O) groups is 3. The lowest BCUT2D eigenvalue weighted by Crippen LogP contribution is -2.43. The average Bonchev–Trinajstić information content (AvgIpc) is 3.24. The summed E-state index contributed by atoms with van der Waals surface area (Å²) in [6.07, 6.45) is -7.20. The molecular formula is C26H22F3N2O7-. The second-order valence-electron chi connectivity index (χ2n) is 9.26. The normalized spacial score (nSPS) is 16.0. The number of hydrogen-bond donors (Lipinski definition) is 1. The number of carbonyl (C=O) groups excluding carboxylic acids is 3. The van der Waals surface area contributed by atoms with E-state index in [0.29, 0.717) is 5.39 Å². The molecule has 1 saturated heterocycles. The Morgan fingerprint density at radius 1 is 1.11 bits per heavy atom. The van der Waals surface area contributed by atoms with E-state index >= 15 is 0 Å². The summed E-state index contributed by atoms with van der Waals surface area (Å²) in [5.74, 6) is -2.20. The molecule has 1 N–H and O–H groups in total. The minimum Gasteiger partial charge on any atom is -0.550 e. The molecule has 0 aliphatic carbocycles. The van der Waals surface area contributed by atoms with E-state index in [4.69, 9.17) is 9.47 Å². The predicted molar refractivity (Wildman–Crippen MR) is 127 cm³/mol. The van der Waals surface area contributed by atoms with Crippen LogP contribution in [0.5, 0.6) is 0 Å². The highest BCUT2D eigenvalue weighted by Crippen LogP contribution is 2.37. The van der Waals surface area contributed by atoms with E-state index in [1.165, 1.54) is 61.2 Å². The summed E-state index contributed by atoms with van der Waals surface area (Å²) >= 11 is 0. The summed E-state index contributed by atoms with van der Waals surface area (Å²) < 4.78 is 51.1. The molecule has 3 aromatic rings. The van der Waals surface area contributed by atoms with Crippen LogP contribution in [-0.4, -0.2) is 41.3 Å². The highest BCUT2D eigenvalue weighted by Gasteiger charge is 2.44. The molecule has 0 unspecified atom stereocenters. The molecule has 0 spiro atoms. The summed E-state index contributed by atoms with van der Waals surface area (Å²) in [6.45, 7) is 2.98. The van der Waals surface area contributed by atoms with Crippen LogP contribution in [0.15, 0.2) is 53.3 Å². The van der Waals surface area contributed by atoms with Crippen molar-refractivity contribution in [3.63, 3.8) is 0 Å². The first-order chi connectivity index (χ1) is 17.8. The number of nitrogens with one attached hydrogen (secondary N) is 1. The maximum atomic E-state index is 13.5. The van der Waals surface area contributed by atoms with Crippen LogP contribution in [0.25, 0.3) is 22.0 Å². The Morgan fingerprint density at radius 2 is 1.82 bits per heavy atom. The first-order valence-corrected chi connectivity index (χ1v) is 11.5. The second kappa shape index (κ2) is 9.84. The number of aromatic nitrogens is 1. The van der Waals surface area contributed by atoms with E-state index in [1.807, 2.05) is 0 Å². The third kappa shape index (κ3) is 5.48. The summed E-state index contributed by atoms with van der Waals surface area (Å²) in [5, 5.41) is 11.1. The zero-order valence-corrected chi connectivity index (χ0v) is 20.3. The molecule has 1 amide bonds. The van der Waals surface area contributed by atoms with Gasteiger partial charge in [0.1, 0.15) is 5.60 Å². The molecule has 1 aliphatic rings. The quantitative estimate of drug-likeness (QED) is 0.463. The number of alkyl halides is 3. The van der Waals surface area contributed by atoms with Crippen LogP contribution in [-0.2, 0) is 25.2 Å². The number of hydrogen-bond acceptors (Lipinski definition) is 7. The number of aromatic amines is 1. The maximum absolute atomic E-state index is 13.5. The van der Waals surface area contributed by atoms with Crippen LogP contribution in [0.4, 0.5) is 23.7 Å². The third-order valence-corrected chi connectivity index (χ3v) is 6.16. The van der Waals surface area contributed by atoms with Crippen LogP contribution in [0.2, 0.25) is 0 Å². The number of anilines is 1. The van der Waals surface area contributed by atoms with Crippen LogP contribution in [0.1, 0.15) is 32.3 Å². The average molecular weight is 531 g/mol. The van der Waals surface area contributed by atoms with Gasteiger partial charge in [-0.3, -0.25) is 14.5 Å². The van der Waals surface area contributed by atoms with Gasteiger partial charge in [0.05, 0.1) is 18.5 Å². The highest BCUT2D eigenvalue weighted by atomic mass is 19.4. The Kier molecular flexibility index (Phi) is 6.92. The fourth-order valence-electron chi connectivity index (χ4n) is 4.18. The molecule has 0 saturated carbocycles. The predicted octanol–water partition coefficient (Wildman–Crippen LogP) is 3.39. The standard InChI is InChI=1S/C26H23F3N2O7/c1-25(2,38-22(34)10-9-21(32)33)20-13-31(24(36)37-20)15-8-7-14-11-19(30-23(35)17(14)12-15)16-5-3-4-6-18(16)26(27,28)29/h3-8,11-12,20H,9-10,13H2,1-2H3,(H,30,35)(H,32,33)/p-1/t20-/m0/s1. The molecular weight excluding hydrogens is 509 g/mol. The minimum atomic E-state index is -4.62.